The van der Waals surface area contributed by atoms with Gasteiger partial charge in [-0.25, -0.2) is 9.97 Å². The number of anilines is 1. The third kappa shape index (κ3) is 3.32. The number of nitrogens with one attached hydrogen (secondary N) is 1. The van der Waals surface area contributed by atoms with Crippen molar-refractivity contribution in [2.75, 3.05) is 12.3 Å². The van der Waals surface area contributed by atoms with Gasteiger partial charge in [0.15, 0.2) is 11.5 Å². The Morgan fingerprint density at radius 3 is 2.60 bits per heavy atom. The van der Waals surface area contributed by atoms with E-state index in [9.17, 15) is 4.79 Å². The van der Waals surface area contributed by atoms with Gasteiger partial charge in [-0.3, -0.25) is 4.79 Å². The first-order valence-electron chi connectivity index (χ1n) is 6.62. The third-order valence-electron chi connectivity index (χ3n) is 3.21. The Bertz CT molecular complexity index is 571. The van der Waals surface area contributed by atoms with Gasteiger partial charge in [0.05, 0.1) is 0 Å². The van der Waals surface area contributed by atoms with Crippen molar-refractivity contribution in [1.29, 1.82) is 0 Å². The summed E-state index contributed by atoms with van der Waals surface area (Å²) in [6.45, 7) is 2.65. The summed E-state index contributed by atoms with van der Waals surface area (Å²) >= 11 is 0. The number of carbonyl (C=O) groups is 1. The zero-order valence-electron chi connectivity index (χ0n) is 11.4. The molecule has 0 aliphatic carbocycles. The van der Waals surface area contributed by atoms with Crippen molar-refractivity contribution in [3.8, 4) is 0 Å². The summed E-state index contributed by atoms with van der Waals surface area (Å²) in [5, 5.41) is 2.87. The normalized spacial score (nSPS) is 11.8. The number of nitrogens with two attached hydrogens (primary N) is 1. The summed E-state index contributed by atoms with van der Waals surface area (Å²) in [4.78, 5) is 19.8. The van der Waals surface area contributed by atoms with Crippen LogP contribution in [0.5, 0.6) is 0 Å². The zero-order chi connectivity index (χ0) is 14.4. The maximum atomic E-state index is 12.0. The number of nitrogen functional groups attached to an aromatic ring is 1. The topological polar surface area (TPSA) is 80.9 Å². The molecule has 5 nitrogen and oxygen atoms in total. The van der Waals surface area contributed by atoms with Crippen LogP contribution in [0.25, 0.3) is 0 Å². The average molecular weight is 270 g/mol. The van der Waals surface area contributed by atoms with Crippen LogP contribution in [0.1, 0.15) is 35.3 Å². The first-order valence-corrected chi connectivity index (χ1v) is 6.62. The molecule has 104 valence electrons. The molecular formula is C15H18N4O. The highest BCUT2D eigenvalue weighted by Crippen LogP contribution is 2.18. The molecule has 1 aromatic heterocycles. The number of nitrogens with zero attached hydrogens (tertiary/aromatic N) is 2. The molecule has 0 spiro atoms. The highest BCUT2D eigenvalue weighted by molar-refractivity contribution is 5.96. The minimum Gasteiger partial charge on any atom is -0.382 e. The van der Waals surface area contributed by atoms with E-state index in [1.807, 2.05) is 18.2 Å². The lowest BCUT2D eigenvalue weighted by atomic mass is 9.96. The van der Waals surface area contributed by atoms with Crippen molar-refractivity contribution in [2.24, 2.45) is 0 Å². The first kappa shape index (κ1) is 14.0. The molecule has 1 unspecified atom stereocenters. The van der Waals surface area contributed by atoms with Gasteiger partial charge in [-0.1, -0.05) is 37.3 Å². The van der Waals surface area contributed by atoms with Gasteiger partial charge in [0.25, 0.3) is 5.91 Å². The molecule has 0 saturated carbocycles. The van der Waals surface area contributed by atoms with Crippen molar-refractivity contribution in [1.82, 2.24) is 15.3 Å². The van der Waals surface area contributed by atoms with Crippen LogP contribution in [0.3, 0.4) is 0 Å². The number of hydrogen-bond donors (Lipinski definition) is 2. The number of aromatic nitrogens is 2. The second kappa shape index (κ2) is 6.65. The van der Waals surface area contributed by atoms with Gasteiger partial charge in [0, 0.05) is 24.9 Å². The second-order valence-corrected chi connectivity index (χ2v) is 4.52. The van der Waals surface area contributed by atoms with E-state index in [0.29, 0.717) is 6.54 Å². The van der Waals surface area contributed by atoms with Crippen LogP contribution in [0.15, 0.2) is 42.7 Å². The number of benzene rings is 1. The third-order valence-corrected chi connectivity index (χ3v) is 3.21. The molecule has 0 radical (unpaired) electrons. The van der Waals surface area contributed by atoms with E-state index in [4.69, 9.17) is 5.73 Å². The SMILES string of the molecule is CCC(CNC(=O)c1nccnc1N)c1ccccc1. The molecule has 0 fully saturated rings. The van der Waals surface area contributed by atoms with Crippen LogP contribution in [-0.4, -0.2) is 22.4 Å². The predicted molar refractivity (Wildman–Crippen MR) is 78.3 cm³/mol. The van der Waals surface area contributed by atoms with Gasteiger partial charge in [0.2, 0.25) is 0 Å². The number of carbonyl (C=O) groups excluding carboxylic acids is 1. The van der Waals surface area contributed by atoms with E-state index in [2.05, 4.69) is 34.3 Å². The largest absolute Gasteiger partial charge is 0.382 e. The summed E-state index contributed by atoms with van der Waals surface area (Å²) in [6, 6.07) is 10.1. The Morgan fingerprint density at radius 1 is 1.25 bits per heavy atom. The van der Waals surface area contributed by atoms with E-state index in [1.54, 1.807) is 0 Å². The number of amides is 1. The molecule has 1 amide bonds. The molecule has 2 aromatic rings. The van der Waals surface area contributed by atoms with Gasteiger partial charge in [-0.15, -0.1) is 0 Å². The lowest BCUT2D eigenvalue weighted by molar-refractivity contribution is 0.0946. The second-order valence-electron chi connectivity index (χ2n) is 4.52. The lowest BCUT2D eigenvalue weighted by Gasteiger charge is -2.16. The summed E-state index contributed by atoms with van der Waals surface area (Å²) < 4.78 is 0. The Kier molecular flexibility index (Phi) is 4.65. The van der Waals surface area contributed by atoms with Gasteiger partial charge in [-0.2, -0.15) is 0 Å². The molecule has 0 aliphatic rings. The van der Waals surface area contributed by atoms with Crippen LogP contribution in [0.2, 0.25) is 0 Å². The van der Waals surface area contributed by atoms with E-state index in [1.165, 1.54) is 18.0 Å². The number of hydrogen-bond acceptors (Lipinski definition) is 4. The summed E-state index contributed by atoms with van der Waals surface area (Å²) in [7, 11) is 0. The Hall–Kier alpha value is -2.43. The van der Waals surface area contributed by atoms with Crippen LogP contribution < -0.4 is 11.1 Å². The minimum absolute atomic E-state index is 0.151. The molecular weight excluding hydrogens is 252 g/mol. The van der Waals surface area contributed by atoms with Gasteiger partial charge in [0.1, 0.15) is 0 Å². The molecule has 1 atom stereocenters. The molecule has 3 N–H and O–H groups in total. The molecule has 1 aromatic carbocycles. The Balaban J connectivity index is 2.01. The van der Waals surface area contributed by atoms with Crippen LogP contribution in [0.4, 0.5) is 5.82 Å². The molecule has 0 aliphatic heterocycles. The standard InChI is InChI=1S/C15H18N4O/c1-2-11(12-6-4-3-5-7-12)10-19-15(20)13-14(16)18-9-8-17-13/h3-9,11H,2,10H2,1H3,(H2,16,18)(H,19,20). The fourth-order valence-electron chi connectivity index (χ4n) is 2.05. The highest BCUT2D eigenvalue weighted by atomic mass is 16.1. The summed E-state index contributed by atoms with van der Waals surface area (Å²) in [5.74, 6) is 0.140. The molecule has 1 heterocycles. The first-order chi connectivity index (χ1) is 9.72. The minimum atomic E-state index is -0.287. The maximum Gasteiger partial charge on any atom is 0.273 e. The summed E-state index contributed by atoms with van der Waals surface area (Å²) in [5.41, 5.74) is 7.02. The van der Waals surface area contributed by atoms with Gasteiger partial charge >= 0.3 is 0 Å². The fourth-order valence-corrected chi connectivity index (χ4v) is 2.05. The molecule has 0 saturated heterocycles. The highest BCUT2D eigenvalue weighted by Gasteiger charge is 2.14. The average Bonchev–Trinajstić information content (AvgIpc) is 2.49. The zero-order valence-corrected chi connectivity index (χ0v) is 11.4. The maximum absolute atomic E-state index is 12.0. The smallest absolute Gasteiger partial charge is 0.273 e. The molecule has 20 heavy (non-hydrogen) atoms. The van der Waals surface area contributed by atoms with Crippen molar-refractivity contribution in [3.05, 3.63) is 54.0 Å². The van der Waals surface area contributed by atoms with E-state index in [0.717, 1.165) is 6.42 Å². The quantitative estimate of drug-likeness (QED) is 0.870. The Morgan fingerprint density at radius 2 is 1.95 bits per heavy atom. The number of rotatable bonds is 5. The van der Waals surface area contributed by atoms with E-state index in [-0.39, 0.29) is 23.3 Å². The van der Waals surface area contributed by atoms with Crippen LogP contribution in [-0.2, 0) is 0 Å². The van der Waals surface area contributed by atoms with E-state index < -0.39 is 0 Å². The molecule has 0 bridgehead atoms. The van der Waals surface area contributed by atoms with Crippen molar-refractivity contribution < 1.29 is 4.79 Å². The monoisotopic (exact) mass is 270 g/mol. The predicted octanol–water partition coefficient (Wildman–Crippen LogP) is 1.98. The van der Waals surface area contributed by atoms with Gasteiger partial charge < -0.3 is 11.1 Å². The van der Waals surface area contributed by atoms with Crippen LogP contribution in [0, 0.1) is 0 Å². The fraction of sp³-hybridized carbons (Fsp3) is 0.267. The molecule has 5 heteroatoms. The van der Waals surface area contributed by atoms with Gasteiger partial charge in [-0.05, 0) is 12.0 Å². The van der Waals surface area contributed by atoms with Crippen molar-refractivity contribution >= 4 is 11.7 Å². The van der Waals surface area contributed by atoms with Crippen LogP contribution >= 0.6 is 0 Å². The Labute approximate surface area is 118 Å². The molecule has 2 rings (SSSR count). The van der Waals surface area contributed by atoms with Crippen molar-refractivity contribution in [2.45, 2.75) is 19.3 Å². The lowest BCUT2D eigenvalue weighted by Crippen LogP contribution is -2.29. The summed E-state index contributed by atoms with van der Waals surface area (Å²) in [6.07, 6.45) is 3.87. The van der Waals surface area contributed by atoms with Crippen molar-refractivity contribution in [3.63, 3.8) is 0 Å². The van der Waals surface area contributed by atoms with E-state index >= 15 is 0 Å².